The lowest BCUT2D eigenvalue weighted by Gasteiger charge is -2.34. The zero-order valence-electron chi connectivity index (χ0n) is 11.4. The Morgan fingerprint density at radius 1 is 1.06 bits per heavy atom. The summed E-state index contributed by atoms with van der Waals surface area (Å²) in [6, 6.07) is 0. The molecule has 0 radical (unpaired) electrons. The van der Waals surface area contributed by atoms with Crippen LogP contribution in [0.5, 0.6) is 0 Å². The Labute approximate surface area is 111 Å². The Morgan fingerprint density at radius 3 is 2.39 bits per heavy atom. The van der Waals surface area contributed by atoms with Crippen LogP contribution in [0.1, 0.15) is 25.7 Å². The van der Waals surface area contributed by atoms with Gasteiger partial charge < -0.3 is 10.0 Å². The molecule has 3 nitrogen and oxygen atoms in total. The van der Waals surface area contributed by atoms with Crippen molar-refractivity contribution in [3.63, 3.8) is 0 Å². The maximum absolute atomic E-state index is 8.90. The third-order valence-corrected chi connectivity index (χ3v) is 3.95. The summed E-state index contributed by atoms with van der Waals surface area (Å²) in [4.78, 5) is 4.91. The first-order valence-corrected chi connectivity index (χ1v) is 7.28. The molecule has 1 saturated heterocycles. The molecule has 102 valence electrons. The van der Waals surface area contributed by atoms with Crippen molar-refractivity contribution in [3.8, 4) is 0 Å². The molecule has 2 rings (SSSR count). The van der Waals surface area contributed by atoms with Gasteiger partial charge in [0.15, 0.2) is 0 Å². The predicted molar refractivity (Wildman–Crippen MR) is 75.7 cm³/mol. The molecule has 1 aliphatic carbocycles. The molecule has 1 fully saturated rings. The highest BCUT2D eigenvalue weighted by atomic mass is 16.3. The van der Waals surface area contributed by atoms with Gasteiger partial charge in [-0.05, 0) is 32.2 Å². The van der Waals surface area contributed by atoms with Crippen LogP contribution in [-0.4, -0.2) is 60.8 Å². The Bertz CT molecular complexity index is 291. The molecule has 0 spiro atoms. The minimum atomic E-state index is 0.293. The largest absolute Gasteiger partial charge is 0.395 e. The number of aliphatic hydroxyl groups excluding tert-OH is 1. The predicted octanol–water partition coefficient (Wildman–Crippen LogP) is 1.65. The van der Waals surface area contributed by atoms with Gasteiger partial charge >= 0.3 is 0 Å². The molecule has 0 unspecified atom stereocenters. The Kier molecular flexibility index (Phi) is 5.91. The van der Waals surface area contributed by atoms with E-state index in [1.54, 1.807) is 5.57 Å². The monoisotopic (exact) mass is 250 g/mol. The summed E-state index contributed by atoms with van der Waals surface area (Å²) in [6.45, 7) is 6.93. The van der Waals surface area contributed by atoms with Crippen molar-refractivity contribution in [1.29, 1.82) is 0 Å². The van der Waals surface area contributed by atoms with E-state index in [0.29, 0.717) is 6.61 Å². The van der Waals surface area contributed by atoms with Gasteiger partial charge in [0.05, 0.1) is 6.61 Å². The number of aliphatic hydroxyl groups is 1. The highest BCUT2D eigenvalue weighted by Gasteiger charge is 2.15. The molecule has 1 N–H and O–H groups in total. The smallest absolute Gasteiger partial charge is 0.0558 e. The molecular formula is C15H26N2O. The second-order valence-electron chi connectivity index (χ2n) is 5.30. The van der Waals surface area contributed by atoms with E-state index in [-0.39, 0.29) is 0 Å². The van der Waals surface area contributed by atoms with Crippen LogP contribution in [0.3, 0.4) is 0 Å². The topological polar surface area (TPSA) is 26.7 Å². The summed E-state index contributed by atoms with van der Waals surface area (Å²) < 4.78 is 0. The van der Waals surface area contributed by atoms with Gasteiger partial charge in [0, 0.05) is 32.7 Å². The van der Waals surface area contributed by atoms with Crippen LogP contribution in [-0.2, 0) is 0 Å². The van der Waals surface area contributed by atoms with Gasteiger partial charge in [-0.25, -0.2) is 0 Å². The second kappa shape index (κ2) is 7.72. The average molecular weight is 250 g/mol. The fourth-order valence-corrected chi connectivity index (χ4v) is 2.77. The summed E-state index contributed by atoms with van der Waals surface area (Å²) in [6.07, 6.45) is 11.8. The third kappa shape index (κ3) is 4.56. The highest BCUT2D eigenvalue weighted by molar-refractivity contribution is 5.17. The van der Waals surface area contributed by atoms with Crippen molar-refractivity contribution in [2.24, 2.45) is 0 Å². The third-order valence-electron chi connectivity index (χ3n) is 3.95. The van der Waals surface area contributed by atoms with Crippen molar-refractivity contribution in [1.82, 2.24) is 9.80 Å². The summed E-state index contributed by atoms with van der Waals surface area (Å²) in [5.74, 6) is 0. The van der Waals surface area contributed by atoms with Crippen LogP contribution in [0.2, 0.25) is 0 Å². The van der Waals surface area contributed by atoms with Gasteiger partial charge in [-0.2, -0.15) is 0 Å². The van der Waals surface area contributed by atoms with E-state index in [0.717, 1.165) is 19.6 Å². The molecule has 0 amide bonds. The van der Waals surface area contributed by atoms with E-state index in [1.807, 2.05) is 0 Å². The van der Waals surface area contributed by atoms with Crippen molar-refractivity contribution in [3.05, 3.63) is 23.8 Å². The Morgan fingerprint density at radius 2 is 1.78 bits per heavy atom. The SMILES string of the molecule is OCCN1CCN(CCCC2=CC=CCC2)CC1. The van der Waals surface area contributed by atoms with E-state index < -0.39 is 0 Å². The van der Waals surface area contributed by atoms with Crippen molar-refractivity contribution < 1.29 is 5.11 Å². The fourth-order valence-electron chi connectivity index (χ4n) is 2.77. The normalized spacial score (nSPS) is 22.2. The molecule has 18 heavy (non-hydrogen) atoms. The molecule has 2 aliphatic rings. The molecule has 0 saturated carbocycles. The quantitative estimate of drug-likeness (QED) is 0.776. The molecule has 0 bridgehead atoms. The van der Waals surface area contributed by atoms with Crippen LogP contribution < -0.4 is 0 Å². The van der Waals surface area contributed by atoms with Gasteiger partial charge in [0.2, 0.25) is 0 Å². The number of rotatable bonds is 6. The van der Waals surface area contributed by atoms with Crippen LogP contribution >= 0.6 is 0 Å². The lowest BCUT2D eigenvalue weighted by atomic mass is 10.0. The minimum absolute atomic E-state index is 0.293. The van der Waals surface area contributed by atoms with Crippen LogP contribution in [0.4, 0.5) is 0 Å². The summed E-state index contributed by atoms with van der Waals surface area (Å²) in [5.41, 5.74) is 1.62. The molecule has 0 aromatic heterocycles. The van der Waals surface area contributed by atoms with Crippen molar-refractivity contribution in [2.75, 3.05) is 45.9 Å². The number of nitrogens with zero attached hydrogens (tertiary/aromatic N) is 2. The Hall–Kier alpha value is -0.640. The molecule has 3 heteroatoms. The molecule has 0 atom stereocenters. The number of hydrogen-bond acceptors (Lipinski definition) is 3. The number of β-amino-alcohol motifs (C(OH)–C–C–N with tert-alkyl or cyclic N) is 1. The zero-order valence-corrected chi connectivity index (χ0v) is 11.4. The van der Waals surface area contributed by atoms with E-state index in [9.17, 15) is 0 Å². The molecule has 0 aromatic carbocycles. The van der Waals surface area contributed by atoms with Crippen molar-refractivity contribution in [2.45, 2.75) is 25.7 Å². The van der Waals surface area contributed by atoms with Gasteiger partial charge in [-0.3, -0.25) is 4.90 Å². The van der Waals surface area contributed by atoms with E-state index in [4.69, 9.17) is 5.11 Å². The standard InChI is InChI=1S/C15H26N2O/c18-14-13-17-11-9-16(10-12-17)8-4-7-15-5-2-1-3-6-15/h1-2,5,18H,3-4,6-14H2. The molecule has 1 aliphatic heterocycles. The van der Waals surface area contributed by atoms with Crippen LogP contribution in [0, 0.1) is 0 Å². The zero-order chi connectivity index (χ0) is 12.6. The second-order valence-corrected chi connectivity index (χ2v) is 5.30. The lowest BCUT2D eigenvalue weighted by Crippen LogP contribution is -2.47. The van der Waals surface area contributed by atoms with Gasteiger partial charge in [-0.15, -0.1) is 0 Å². The number of hydrogen-bond donors (Lipinski definition) is 1. The van der Waals surface area contributed by atoms with Gasteiger partial charge in [0.25, 0.3) is 0 Å². The maximum atomic E-state index is 8.90. The fraction of sp³-hybridized carbons (Fsp3) is 0.733. The number of piperazine rings is 1. The van der Waals surface area contributed by atoms with Crippen LogP contribution in [0.25, 0.3) is 0 Å². The van der Waals surface area contributed by atoms with E-state index >= 15 is 0 Å². The maximum Gasteiger partial charge on any atom is 0.0558 e. The first kappa shape index (κ1) is 13.8. The highest BCUT2D eigenvalue weighted by Crippen LogP contribution is 2.17. The van der Waals surface area contributed by atoms with E-state index in [2.05, 4.69) is 28.0 Å². The average Bonchev–Trinajstić information content (AvgIpc) is 2.42. The van der Waals surface area contributed by atoms with Crippen molar-refractivity contribution >= 4 is 0 Å². The van der Waals surface area contributed by atoms with Crippen LogP contribution in [0.15, 0.2) is 23.8 Å². The minimum Gasteiger partial charge on any atom is -0.395 e. The molecule has 0 aromatic rings. The number of allylic oxidation sites excluding steroid dienone is 4. The first-order chi connectivity index (χ1) is 8.88. The van der Waals surface area contributed by atoms with E-state index in [1.165, 1.54) is 45.3 Å². The Balaban J connectivity index is 1.58. The van der Waals surface area contributed by atoms with Gasteiger partial charge in [0.1, 0.15) is 0 Å². The lowest BCUT2D eigenvalue weighted by molar-refractivity contribution is 0.112. The summed E-state index contributed by atoms with van der Waals surface area (Å²) >= 11 is 0. The first-order valence-electron chi connectivity index (χ1n) is 7.28. The summed E-state index contributed by atoms with van der Waals surface area (Å²) in [7, 11) is 0. The summed E-state index contributed by atoms with van der Waals surface area (Å²) in [5, 5.41) is 8.90. The molecular weight excluding hydrogens is 224 g/mol. The molecule has 1 heterocycles. The van der Waals surface area contributed by atoms with Gasteiger partial charge in [-0.1, -0.05) is 23.8 Å².